The van der Waals surface area contributed by atoms with E-state index in [-0.39, 0.29) is 29.9 Å². The maximum absolute atomic E-state index is 11.8. The van der Waals surface area contributed by atoms with Crippen molar-refractivity contribution in [2.45, 2.75) is 39.4 Å². The number of nitrogens with one attached hydrogen (secondary N) is 1. The molecule has 1 fully saturated rings. The summed E-state index contributed by atoms with van der Waals surface area (Å²) in [6.07, 6.45) is 1.66. The van der Waals surface area contributed by atoms with Crippen molar-refractivity contribution < 1.29 is 9.53 Å². The molecule has 0 aromatic heterocycles. The zero-order valence-corrected chi connectivity index (χ0v) is 21.0. The number of guanidine groups is 1. The van der Waals surface area contributed by atoms with Crippen LogP contribution in [0.25, 0.3) is 0 Å². The van der Waals surface area contributed by atoms with Crippen molar-refractivity contribution >= 4 is 35.8 Å². The van der Waals surface area contributed by atoms with Crippen LogP contribution < -0.4 is 10.1 Å². The molecule has 0 saturated carbocycles. The van der Waals surface area contributed by atoms with Crippen LogP contribution in [0.4, 0.5) is 0 Å². The third-order valence-electron chi connectivity index (χ3n) is 5.25. The summed E-state index contributed by atoms with van der Waals surface area (Å²) < 4.78 is 5.23. The van der Waals surface area contributed by atoms with Gasteiger partial charge in [0.05, 0.1) is 13.7 Å². The molecule has 1 amide bonds. The monoisotopic (exact) mass is 536 g/mol. The molecule has 2 aromatic carbocycles. The van der Waals surface area contributed by atoms with Gasteiger partial charge in [-0.05, 0) is 42.2 Å². The van der Waals surface area contributed by atoms with E-state index in [1.807, 2.05) is 24.1 Å². The summed E-state index contributed by atoms with van der Waals surface area (Å²) in [4.78, 5) is 20.7. The maximum Gasteiger partial charge on any atom is 0.222 e. The number of benzene rings is 2. The molecular formula is C24H33IN4O2. The highest BCUT2D eigenvalue weighted by Crippen LogP contribution is 2.15. The van der Waals surface area contributed by atoms with Gasteiger partial charge in [-0.15, -0.1) is 24.0 Å². The van der Waals surface area contributed by atoms with E-state index in [0.717, 1.165) is 43.3 Å². The Bertz CT molecular complexity index is 853. The lowest BCUT2D eigenvalue weighted by Crippen LogP contribution is -2.38. The summed E-state index contributed by atoms with van der Waals surface area (Å²) in [7, 11) is 3.72. The van der Waals surface area contributed by atoms with Gasteiger partial charge in [0.2, 0.25) is 5.91 Å². The Morgan fingerprint density at radius 1 is 1.10 bits per heavy atom. The number of rotatable bonds is 8. The summed E-state index contributed by atoms with van der Waals surface area (Å²) in [5.41, 5.74) is 3.52. The number of aliphatic imine (C=N–C) groups is 1. The minimum atomic E-state index is 0. The topological polar surface area (TPSA) is 57.2 Å². The predicted molar refractivity (Wildman–Crippen MR) is 136 cm³/mol. The average Bonchev–Trinajstić information content (AvgIpc) is 3.17. The molecule has 1 heterocycles. The number of likely N-dealkylation sites (tertiary alicyclic amines) is 1. The Balaban J connectivity index is 0.00000341. The third kappa shape index (κ3) is 7.41. The molecule has 1 N–H and O–H groups in total. The van der Waals surface area contributed by atoms with Crippen molar-refractivity contribution in [2.24, 2.45) is 4.99 Å². The molecule has 0 radical (unpaired) electrons. The Labute approximate surface area is 202 Å². The standard InChI is InChI=1S/C24H32N4O2.HI/c1-4-25-24(27(2)17-20-11-13-22(30-3)14-12-20)26-16-19-7-9-21(10-8-19)18-28-15-5-6-23(28)29;/h7-14H,4-6,15-18H2,1-3H3,(H,25,26);1H. The summed E-state index contributed by atoms with van der Waals surface area (Å²) >= 11 is 0. The van der Waals surface area contributed by atoms with Gasteiger partial charge >= 0.3 is 0 Å². The van der Waals surface area contributed by atoms with Crippen molar-refractivity contribution in [1.82, 2.24) is 15.1 Å². The second kappa shape index (κ2) is 12.5. The number of methoxy groups -OCH3 is 1. The molecule has 2 aromatic rings. The quantitative estimate of drug-likeness (QED) is 0.315. The van der Waals surface area contributed by atoms with E-state index >= 15 is 0 Å². The zero-order chi connectivity index (χ0) is 21.3. The molecule has 0 aliphatic carbocycles. The van der Waals surface area contributed by atoms with Crippen LogP contribution in [0.5, 0.6) is 5.75 Å². The summed E-state index contributed by atoms with van der Waals surface area (Å²) in [5, 5.41) is 3.37. The molecular weight excluding hydrogens is 503 g/mol. The van der Waals surface area contributed by atoms with Gasteiger partial charge in [0.25, 0.3) is 0 Å². The van der Waals surface area contributed by atoms with Crippen LogP contribution in [0, 0.1) is 0 Å². The highest BCUT2D eigenvalue weighted by atomic mass is 127. The summed E-state index contributed by atoms with van der Waals surface area (Å²) in [5.74, 6) is 2.00. The van der Waals surface area contributed by atoms with Gasteiger partial charge in [-0.3, -0.25) is 4.79 Å². The Morgan fingerprint density at radius 2 is 1.74 bits per heavy atom. The first-order chi connectivity index (χ1) is 14.6. The van der Waals surface area contributed by atoms with Crippen molar-refractivity contribution in [3.63, 3.8) is 0 Å². The van der Waals surface area contributed by atoms with Crippen molar-refractivity contribution in [2.75, 3.05) is 27.2 Å². The van der Waals surface area contributed by atoms with Gasteiger partial charge in [-0.2, -0.15) is 0 Å². The average molecular weight is 536 g/mol. The molecule has 0 spiro atoms. The Morgan fingerprint density at radius 3 is 2.32 bits per heavy atom. The molecule has 1 saturated heterocycles. The van der Waals surface area contributed by atoms with Gasteiger partial charge in [0, 0.05) is 39.6 Å². The van der Waals surface area contributed by atoms with Crippen LogP contribution in [0.2, 0.25) is 0 Å². The van der Waals surface area contributed by atoms with Crippen molar-refractivity contribution in [3.05, 3.63) is 65.2 Å². The van der Waals surface area contributed by atoms with Crippen LogP contribution in [-0.4, -0.2) is 48.9 Å². The first kappa shape index (κ1) is 25.0. The fourth-order valence-corrected chi connectivity index (χ4v) is 3.56. The number of hydrogen-bond donors (Lipinski definition) is 1. The van der Waals surface area contributed by atoms with Crippen LogP contribution >= 0.6 is 24.0 Å². The second-order valence-corrected chi connectivity index (χ2v) is 7.61. The first-order valence-electron chi connectivity index (χ1n) is 10.6. The van der Waals surface area contributed by atoms with Crippen LogP contribution in [0.3, 0.4) is 0 Å². The highest BCUT2D eigenvalue weighted by Gasteiger charge is 2.19. The molecule has 6 nitrogen and oxygen atoms in total. The van der Waals surface area contributed by atoms with Crippen molar-refractivity contribution in [1.29, 1.82) is 0 Å². The Kier molecular flexibility index (Phi) is 10.1. The minimum Gasteiger partial charge on any atom is -0.497 e. The molecule has 31 heavy (non-hydrogen) atoms. The van der Waals surface area contributed by atoms with E-state index in [4.69, 9.17) is 9.73 Å². The van der Waals surface area contributed by atoms with E-state index in [9.17, 15) is 4.79 Å². The molecule has 0 unspecified atom stereocenters. The number of nitrogens with zero attached hydrogens (tertiary/aromatic N) is 3. The van der Waals surface area contributed by atoms with E-state index < -0.39 is 0 Å². The first-order valence-corrected chi connectivity index (χ1v) is 10.6. The second-order valence-electron chi connectivity index (χ2n) is 7.61. The lowest BCUT2D eigenvalue weighted by molar-refractivity contribution is -0.128. The highest BCUT2D eigenvalue weighted by molar-refractivity contribution is 14.0. The molecule has 0 atom stereocenters. The number of amides is 1. The lowest BCUT2D eigenvalue weighted by atomic mass is 10.1. The van der Waals surface area contributed by atoms with E-state index in [0.29, 0.717) is 19.5 Å². The number of ether oxygens (including phenoxy) is 1. The smallest absolute Gasteiger partial charge is 0.222 e. The number of halogens is 1. The van der Waals surface area contributed by atoms with Crippen molar-refractivity contribution in [3.8, 4) is 5.75 Å². The van der Waals surface area contributed by atoms with E-state index in [1.54, 1.807) is 7.11 Å². The van der Waals surface area contributed by atoms with Crippen LogP contribution in [0.15, 0.2) is 53.5 Å². The SMILES string of the molecule is CCNC(=NCc1ccc(CN2CCCC2=O)cc1)N(C)Cc1ccc(OC)cc1.I. The number of carbonyl (C=O) groups excluding carboxylic acids is 1. The fraction of sp³-hybridized carbons (Fsp3) is 0.417. The summed E-state index contributed by atoms with van der Waals surface area (Å²) in [6.45, 7) is 5.84. The Hall–Kier alpha value is -2.29. The predicted octanol–water partition coefficient (Wildman–Crippen LogP) is 4.03. The van der Waals surface area contributed by atoms with Gasteiger partial charge in [0.15, 0.2) is 5.96 Å². The zero-order valence-electron chi connectivity index (χ0n) is 18.6. The fourth-order valence-electron chi connectivity index (χ4n) is 3.56. The van der Waals surface area contributed by atoms with Crippen LogP contribution in [0.1, 0.15) is 36.5 Å². The molecule has 7 heteroatoms. The lowest BCUT2D eigenvalue weighted by Gasteiger charge is -2.22. The largest absolute Gasteiger partial charge is 0.497 e. The molecule has 1 aliphatic rings. The minimum absolute atomic E-state index is 0. The summed E-state index contributed by atoms with van der Waals surface area (Å²) in [6, 6.07) is 16.5. The van der Waals surface area contributed by atoms with E-state index in [2.05, 4.69) is 53.5 Å². The van der Waals surface area contributed by atoms with E-state index in [1.165, 1.54) is 11.1 Å². The molecule has 1 aliphatic heterocycles. The molecule has 3 rings (SSSR count). The normalized spacial score (nSPS) is 13.7. The van der Waals surface area contributed by atoms with Gasteiger partial charge in [-0.1, -0.05) is 36.4 Å². The van der Waals surface area contributed by atoms with Gasteiger partial charge < -0.3 is 19.9 Å². The molecule has 168 valence electrons. The number of carbonyl (C=O) groups is 1. The molecule has 0 bridgehead atoms. The van der Waals surface area contributed by atoms with Crippen LogP contribution in [-0.2, 0) is 24.4 Å². The maximum atomic E-state index is 11.8. The number of hydrogen-bond acceptors (Lipinski definition) is 3. The van der Waals surface area contributed by atoms with Gasteiger partial charge in [-0.25, -0.2) is 4.99 Å². The van der Waals surface area contributed by atoms with Gasteiger partial charge in [0.1, 0.15) is 5.75 Å². The third-order valence-corrected chi connectivity index (χ3v) is 5.25.